The predicted octanol–water partition coefficient (Wildman–Crippen LogP) is 1.29. The standard InChI is InChI=1S/C17H23NO5/c1-4-5-18-14-11-6-10(7-12(11)16(18)20)15(14)23-13(19)8-22-17(21)9(2)3/h10-12,14-15H,2,4-8H2,1,3H3. The molecule has 6 heteroatoms. The molecule has 2 bridgehead atoms. The molecule has 126 valence electrons. The van der Waals surface area contributed by atoms with Crippen LogP contribution in [0, 0.1) is 17.8 Å². The van der Waals surface area contributed by atoms with Crippen molar-refractivity contribution in [3.8, 4) is 0 Å². The monoisotopic (exact) mass is 321 g/mol. The molecule has 2 saturated carbocycles. The van der Waals surface area contributed by atoms with Gasteiger partial charge in [0.1, 0.15) is 6.10 Å². The molecule has 0 aromatic heterocycles. The van der Waals surface area contributed by atoms with Gasteiger partial charge in [-0.3, -0.25) is 4.79 Å². The van der Waals surface area contributed by atoms with E-state index >= 15 is 0 Å². The summed E-state index contributed by atoms with van der Waals surface area (Å²) in [5, 5.41) is 0. The molecule has 23 heavy (non-hydrogen) atoms. The van der Waals surface area contributed by atoms with Crippen LogP contribution < -0.4 is 0 Å². The van der Waals surface area contributed by atoms with E-state index in [1.807, 2.05) is 11.8 Å². The van der Waals surface area contributed by atoms with Crippen molar-refractivity contribution in [1.82, 2.24) is 4.90 Å². The summed E-state index contributed by atoms with van der Waals surface area (Å²) in [6, 6.07) is 0.00647. The average Bonchev–Trinajstić information content (AvgIpc) is 3.12. The van der Waals surface area contributed by atoms with Crippen LogP contribution in [0.3, 0.4) is 0 Å². The molecule has 0 aromatic carbocycles. The van der Waals surface area contributed by atoms with Crippen molar-refractivity contribution < 1.29 is 23.9 Å². The van der Waals surface area contributed by atoms with E-state index in [-0.39, 0.29) is 35.5 Å². The molecule has 5 unspecified atom stereocenters. The lowest BCUT2D eigenvalue weighted by Gasteiger charge is -2.31. The van der Waals surface area contributed by atoms with Crippen LogP contribution in [0.4, 0.5) is 0 Å². The minimum absolute atomic E-state index is 0.00647. The Bertz CT molecular complexity index is 557. The van der Waals surface area contributed by atoms with Gasteiger partial charge in [-0.1, -0.05) is 13.5 Å². The Balaban J connectivity index is 1.62. The second kappa shape index (κ2) is 5.98. The molecule has 0 aromatic rings. The summed E-state index contributed by atoms with van der Waals surface area (Å²) in [5.74, 6) is -0.246. The quantitative estimate of drug-likeness (QED) is 0.544. The second-order valence-electron chi connectivity index (χ2n) is 6.83. The second-order valence-corrected chi connectivity index (χ2v) is 6.83. The molecule has 3 rings (SSSR count). The molecule has 3 fully saturated rings. The van der Waals surface area contributed by atoms with Gasteiger partial charge in [-0.2, -0.15) is 0 Å². The smallest absolute Gasteiger partial charge is 0.344 e. The van der Waals surface area contributed by atoms with E-state index in [1.165, 1.54) is 6.92 Å². The van der Waals surface area contributed by atoms with Crippen LogP contribution in [0.5, 0.6) is 0 Å². The zero-order valence-electron chi connectivity index (χ0n) is 13.6. The fourth-order valence-corrected chi connectivity index (χ4v) is 4.43. The number of carbonyl (C=O) groups excluding carboxylic acids is 3. The van der Waals surface area contributed by atoms with Gasteiger partial charge in [-0.05, 0) is 38.0 Å². The predicted molar refractivity (Wildman–Crippen MR) is 81.1 cm³/mol. The maximum atomic E-state index is 12.4. The Morgan fingerprint density at radius 2 is 2.09 bits per heavy atom. The number of likely N-dealkylation sites (tertiary alicyclic amines) is 1. The summed E-state index contributed by atoms with van der Waals surface area (Å²) >= 11 is 0. The highest BCUT2D eigenvalue weighted by atomic mass is 16.6. The van der Waals surface area contributed by atoms with Crippen LogP contribution in [-0.4, -0.2) is 48.0 Å². The number of amides is 1. The molecule has 0 radical (unpaired) electrons. The van der Waals surface area contributed by atoms with Crippen LogP contribution in [0.15, 0.2) is 12.2 Å². The normalized spacial score (nSPS) is 33.9. The van der Waals surface area contributed by atoms with Gasteiger partial charge in [0.25, 0.3) is 0 Å². The number of hydrogen-bond acceptors (Lipinski definition) is 5. The lowest BCUT2D eigenvalue weighted by molar-refractivity contribution is -0.164. The topological polar surface area (TPSA) is 72.9 Å². The number of carbonyl (C=O) groups is 3. The first kappa shape index (κ1) is 16.0. The number of rotatable bonds is 6. The molecular formula is C17H23NO5. The van der Waals surface area contributed by atoms with Gasteiger partial charge in [0, 0.05) is 18.0 Å². The number of nitrogens with zero attached hydrogens (tertiary/aromatic N) is 1. The van der Waals surface area contributed by atoms with Gasteiger partial charge >= 0.3 is 11.9 Å². The third-order valence-corrected chi connectivity index (χ3v) is 5.25. The van der Waals surface area contributed by atoms with Crippen molar-refractivity contribution in [3.63, 3.8) is 0 Å². The molecule has 1 saturated heterocycles. The van der Waals surface area contributed by atoms with E-state index in [0.29, 0.717) is 12.5 Å². The number of fused-ring (bicyclic) bond motifs is 1. The molecule has 1 amide bonds. The third kappa shape index (κ3) is 2.64. The first-order valence-electron chi connectivity index (χ1n) is 8.26. The first-order chi connectivity index (χ1) is 10.9. The molecule has 3 aliphatic rings. The fraction of sp³-hybridized carbons (Fsp3) is 0.706. The molecule has 0 N–H and O–H groups in total. The summed E-state index contributed by atoms with van der Waals surface area (Å²) in [7, 11) is 0. The van der Waals surface area contributed by atoms with Crippen LogP contribution in [-0.2, 0) is 23.9 Å². The van der Waals surface area contributed by atoms with E-state index < -0.39 is 18.5 Å². The molecule has 2 aliphatic carbocycles. The van der Waals surface area contributed by atoms with Crippen molar-refractivity contribution in [2.24, 2.45) is 17.8 Å². The first-order valence-corrected chi connectivity index (χ1v) is 8.26. The van der Waals surface area contributed by atoms with Crippen molar-refractivity contribution in [3.05, 3.63) is 12.2 Å². The summed E-state index contributed by atoms with van der Waals surface area (Å²) < 4.78 is 10.4. The minimum Gasteiger partial charge on any atom is -0.457 e. The Morgan fingerprint density at radius 3 is 2.74 bits per heavy atom. The van der Waals surface area contributed by atoms with Crippen molar-refractivity contribution in [2.75, 3.05) is 13.2 Å². The van der Waals surface area contributed by atoms with Crippen molar-refractivity contribution >= 4 is 17.8 Å². The van der Waals surface area contributed by atoms with Crippen LogP contribution >= 0.6 is 0 Å². The molecule has 1 aliphatic heterocycles. The van der Waals surface area contributed by atoms with Gasteiger partial charge in [-0.25, -0.2) is 9.59 Å². The summed E-state index contributed by atoms with van der Waals surface area (Å²) in [4.78, 5) is 37.7. The van der Waals surface area contributed by atoms with Gasteiger partial charge < -0.3 is 14.4 Å². The van der Waals surface area contributed by atoms with E-state index in [4.69, 9.17) is 9.47 Å². The van der Waals surface area contributed by atoms with Gasteiger partial charge in [0.2, 0.25) is 5.91 Å². The number of ether oxygens (including phenoxy) is 2. The minimum atomic E-state index is -0.599. The van der Waals surface area contributed by atoms with Crippen LogP contribution in [0.1, 0.15) is 33.1 Å². The zero-order chi connectivity index (χ0) is 16.7. The number of hydrogen-bond donors (Lipinski definition) is 0. The van der Waals surface area contributed by atoms with Crippen molar-refractivity contribution in [2.45, 2.75) is 45.3 Å². The Labute approximate surface area is 135 Å². The highest BCUT2D eigenvalue weighted by Crippen LogP contribution is 2.56. The lowest BCUT2D eigenvalue weighted by atomic mass is 9.87. The average molecular weight is 321 g/mol. The van der Waals surface area contributed by atoms with Gasteiger partial charge in [0.05, 0.1) is 6.04 Å². The zero-order valence-corrected chi connectivity index (χ0v) is 13.6. The molecular weight excluding hydrogens is 298 g/mol. The SMILES string of the molecule is C=C(C)C(=O)OCC(=O)OC1C2CC3C(=O)N(CCC)C1C3C2. The maximum Gasteiger partial charge on any atom is 0.344 e. The highest BCUT2D eigenvalue weighted by molar-refractivity contribution is 5.88. The van der Waals surface area contributed by atoms with E-state index in [1.54, 1.807) is 0 Å². The third-order valence-electron chi connectivity index (χ3n) is 5.25. The molecule has 0 spiro atoms. The van der Waals surface area contributed by atoms with Crippen LogP contribution in [0.2, 0.25) is 0 Å². The number of esters is 2. The van der Waals surface area contributed by atoms with E-state index in [9.17, 15) is 14.4 Å². The molecule has 1 heterocycles. The Kier molecular flexibility index (Phi) is 4.17. The largest absolute Gasteiger partial charge is 0.457 e. The summed E-state index contributed by atoms with van der Waals surface area (Å²) in [5.41, 5.74) is 0.246. The molecule has 6 nitrogen and oxygen atoms in total. The molecule has 5 atom stereocenters. The highest BCUT2D eigenvalue weighted by Gasteiger charge is 2.64. The van der Waals surface area contributed by atoms with Gasteiger partial charge in [0.15, 0.2) is 6.61 Å². The Morgan fingerprint density at radius 1 is 1.35 bits per heavy atom. The lowest BCUT2D eigenvalue weighted by Crippen LogP contribution is -2.44. The Hall–Kier alpha value is -1.85. The van der Waals surface area contributed by atoms with Gasteiger partial charge in [-0.15, -0.1) is 0 Å². The van der Waals surface area contributed by atoms with E-state index in [2.05, 4.69) is 6.58 Å². The summed E-state index contributed by atoms with van der Waals surface area (Å²) in [6.07, 6.45) is 2.39. The van der Waals surface area contributed by atoms with Crippen LogP contribution in [0.25, 0.3) is 0 Å². The maximum absolute atomic E-state index is 12.4. The van der Waals surface area contributed by atoms with Crippen molar-refractivity contribution in [1.29, 1.82) is 0 Å². The van der Waals surface area contributed by atoms with E-state index in [0.717, 1.165) is 19.3 Å². The fourth-order valence-electron chi connectivity index (χ4n) is 4.43. The summed E-state index contributed by atoms with van der Waals surface area (Å²) in [6.45, 7) is 7.34.